The number of nitriles is 1. The van der Waals surface area contributed by atoms with E-state index in [1.807, 2.05) is 30.3 Å². The normalized spacial score (nSPS) is 19.7. The minimum absolute atomic E-state index is 0.0446. The standard InChI is InChI=1S/C17H18N2O3S/c18-10-14-4-1-2-5-15(14)11-19(12-17-6-3-8-22-17)16-7-9-23(20,21)13-16/h1-6,8,16H,7,9,11-13H2/t16-/m0/s1. The highest BCUT2D eigenvalue weighted by Gasteiger charge is 2.32. The number of nitrogens with zero attached hydrogens (tertiary/aromatic N) is 2. The first-order valence-electron chi connectivity index (χ1n) is 7.52. The van der Waals surface area contributed by atoms with Crippen molar-refractivity contribution in [2.45, 2.75) is 25.6 Å². The highest BCUT2D eigenvalue weighted by atomic mass is 32.2. The molecule has 1 aliphatic heterocycles. The van der Waals surface area contributed by atoms with E-state index in [0.29, 0.717) is 25.1 Å². The van der Waals surface area contributed by atoms with Gasteiger partial charge in [0.25, 0.3) is 0 Å². The molecule has 0 N–H and O–H groups in total. The van der Waals surface area contributed by atoms with Gasteiger partial charge >= 0.3 is 0 Å². The highest BCUT2D eigenvalue weighted by molar-refractivity contribution is 7.91. The molecule has 6 heteroatoms. The zero-order chi connectivity index (χ0) is 16.3. The predicted octanol–water partition coefficient (Wildman–Crippen LogP) is 2.34. The van der Waals surface area contributed by atoms with Crippen LogP contribution in [0.15, 0.2) is 47.1 Å². The lowest BCUT2D eigenvalue weighted by Gasteiger charge is -2.27. The zero-order valence-corrected chi connectivity index (χ0v) is 13.5. The van der Waals surface area contributed by atoms with Gasteiger partial charge in [-0.25, -0.2) is 8.42 Å². The second-order valence-corrected chi connectivity index (χ2v) is 8.04. The summed E-state index contributed by atoms with van der Waals surface area (Å²) in [6.07, 6.45) is 2.24. The molecule has 1 aliphatic rings. The molecule has 2 heterocycles. The van der Waals surface area contributed by atoms with Crippen LogP contribution in [0, 0.1) is 11.3 Å². The van der Waals surface area contributed by atoms with Gasteiger partial charge in [0.1, 0.15) is 5.76 Å². The van der Waals surface area contributed by atoms with Crippen LogP contribution in [0.5, 0.6) is 0 Å². The lowest BCUT2D eigenvalue weighted by atomic mass is 10.1. The van der Waals surface area contributed by atoms with E-state index in [4.69, 9.17) is 4.42 Å². The number of furan rings is 1. The number of benzene rings is 1. The van der Waals surface area contributed by atoms with Crippen LogP contribution in [0.2, 0.25) is 0 Å². The molecule has 0 spiro atoms. The summed E-state index contributed by atoms with van der Waals surface area (Å²) < 4.78 is 29.1. The fourth-order valence-electron chi connectivity index (χ4n) is 2.97. The number of sulfone groups is 1. The molecule has 5 nitrogen and oxygen atoms in total. The Balaban J connectivity index is 1.84. The van der Waals surface area contributed by atoms with E-state index >= 15 is 0 Å². The molecule has 1 fully saturated rings. The Hall–Kier alpha value is -2.10. The molecule has 0 saturated carbocycles. The fourth-order valence-corrected chi connectivity index (χ4v) is 4.73. The van der Waals surface area contributed by atoms with E-state index in [-0.39, 0.29) is 17.5 Å². The van der Waals surface area contributed by atoms with E-state index in [9.17, 15) is 13.7 Å². The molecule has 2 aromatic rings. The van der Waals surface area contributed by atoms with E-state index in [1.165, 1.54) is 0 Å². The number of hydrogen-bond donors (Lipinski definition) is 0. The second-order valence-electron chi connectivity index (χ2n) is 5.81. The third-order valence-electron chi connectivity index (χ3n) is 4.18. The second kappa shape index (κ2) is 6.57. The fraction of sp³-hybridized carbons (Fsp3) is 0.353. The van der Waals surface area contributed by atoms with Crippen molar-refractivity contribution in [2.75, 3.05) is 11.5 Å². The van der Waals surface area contributed by atoms with Gasteiger partial charge in [0.15, 0.2) is 9.84 Å². The Labute approximate surface area is 136 Å². The Morgan fingerprint density at radius 2 is 2.04 bits per heavy atom. The molecule has 1 aromatic heterocycles. The van der Waals surface area contributed by atoms with Gasteiger partial charge in [0.2, 0.25) is 0 Å². The highest BCUT2D eigenvalue weighted by Crippen LogP contribution is 2.23. The van der Waals surface area contributed by atoms with Crippen molar-refractivity contribution in [1.82, 2.24) is 4.90 Å². The molecule has 0 bridgehead atoms. The molecule has 23 heavy (non-hydrogen) atoms. The smallest absolute Gasteiger partial charge is 0.151 e. The lowest BCUT2D eigenvalue weighted by Crippen LogP contribution is -2.35. The molecule has 3 rings (SSSR count). The quantitative estimate of drug-likeness (QED) is 0.841. The maximum Gasteiger partial charge on any atom is 0.151 e. The van der Waals surface area contributed by atoms with Crippen LogP contribution < -0.4 is 0 Å². The van der Waals surface area contributed by atoms with Crippen molar-refractivity contribution in [3.8, 4) is 6.07 Å². The van der Waals surface area contributed by atoms with Gasteiger partial charge < -0.3 is 4.42 Å². The molecule has 120 valence electrons. The summed E-state index contributed by atoms with van der Waals surface area (Å²) in [5, 5.41) is 9.25. The maximum atomic E-state index is 11.8. The Kier molecular flexibility index (Phi) is 4.51. The molecule has 1 atom stereocenters. The average Bonchev–Trinajstić information content (AvgIpc) is 3.16. The van der Waals surface area contributed by atoms with Crippen LogP contribution >= 0.6 is 0 Å². The first-order valence-corrected chi connectivity index (χ1v) is 9.34. The molecule has 0 unspecified atom stereocenters. The SMILES string of the molecule is N#Cc1ccccc1CN(Cc1ccco1)[C@H]1CCS(=O)(=O)C1. The Morgan fingerprint density at radius 3 is 2.70 bits per heavy atom. The van der Waals surface area contributed by atoms with Crippen LogP contribution in [-0.2, 0) is 22.9 Å². The minimum Gasteiger partial charge on any atom is -0.468 e. The van der Waals surface area contributed by atoms with Crippen LogP contribution in [0.4, 0.5) is 0 Å². The van der Waals surface area contributed by atoms with Crippen molar-refractivity contribution in [2.24, 2.45) is 0 Å². The molecular formula is C17H18N2O3S. The largest absolute Gasteiger partial charge is 0.468 e. The van der Waals surface area contributed by atoms with Gasteiger partial charge in [-0.1, -0.05) is 18.2 Å². The first kappa shape index (κ1) is 15.8. The van der Waals surface area contributed by atoms with Gasteiger partial charge in [-0.05, 0) is 30.2 Å². The first-order chi connectivity index (χ1) is 11.1. The minimum atomic E-state index is -2.96. The van der Waals surface area contributed by atoms with E-state index in [1.54, 1.807) is 12.3 Å². The molecule has 0 aliphatic carbocycles. The molecule has 0 amide bonds. The predicted molar refractivity (Wildman–Crippen MR) is 86.2 cm³/mol. The number of rotatable bonds is 5. The summed E-state index contributed by atoms with van der Waals surface area (Å²) in [7, 11) is -2.96. The Morgan fingerprint density at radius 1 is 1.22 bits per heavy atom. The van der Waals surface area contributed by atoms with Crippen LogP contribution in [0.25, 0.3) is 0 Å². The summed E-state index contributed by atoms with van der Waals surface area (Å²) >= 11 is 0. The summed E-state index contributed by atoms with van der Waals surface area (Å²) in [4.78, 5) is 2.10. The van der Waals surface area contributed by atoms with E-state index in [0.717, 1.165) is 11.3 Å². The van der Waals surface area contributed by atoms with Crippen LogP contribution in [0.3, 0.4) is 0 Å². The maximum absolute atomic E-state index is 11.8. The average molecular weight is 330 g/mol. The van der Waals surface area contributed by atoms with Crippen molar-refractivity contribution in [3.63, 3.8) is 0 Å². The lowest BCUT2D eigenvalue weighted by molar-refractivity contribution is 0.179. The van der Waals surface area contributed by atoms with Gasteiger partial charge in [-0.3, -0.25) is 4.90 Å². The van der Waals surface area contributed by atoms with Crippen LogP contribution in [-0.4, -0.2) is 30.9 Å². The summed E-state index contributed by atoms with van der Waals surface area (Å²) in [6.45, 7) is 1.07. The molecule has 0 radical (unpaired) electrons. The van der Waals surface area contributed by atoms with E-state index in [2.05, 4.69) is 11.0 Å². The molecule has 1 saturated heterocycles. The summed E-state index contributed by atoms with van der Waals surface area (Å²) in [6, 6.07) is 13.3. The van der Waals surface area contributed by atoms with Gasteiger partial charge in [-0.15, -0.1) is 0 Å². The van der Waals surface area contributed by atoms with Gasteiger partial charge in [0.05, 0.1) is 35.9 Å². The van der Waals surface area contributed by atoms with Gasteiger partial charge in [0, 0.05) is 12.6 Å². The monoisotopic (exact) mass is 330 g/mol. The zero-order valence-electron chi connectivity index (χ0n) is 12.7. The Bertz CT molecular complexity index is 807. The topological polar surface area (TPSA) is 74.3 Å². The summed E-state index contributed by atoms with van der Waals surface area (Å²) in [5.74, 6) is 1.19. The molecule has 1 aromatic carbocycles. The third-order valence-corrected chi connectivity index (χ3v) is 5.93. The summed E-state index contributed by atoms with van der Waals surface area (Å²) in [5.41, 5.74) is 1.53. The van der Waals surface area contributed by atoms with Crippen molar-refractivity contribution >= 4 is 9.84 Å². The van der Waals surface area contributed by atoms with Crippen molar-refractivity contribution in [3.05, 3.63) is 59.5 Å². The van der Waals surface area contributed by atoms with Crippen LogP contribution in [0.1, 0.15) is 23.3 Å². The molecular weight excluding hydrogens is 312 g/mol. The van der Waals surface area contributed by atoms with Crippen molar-refractivity contribution in [1.29, 1.82) is 5.26 Å². The third kappa shape index (κ3) is 3.81. The van der Waals surface area contributed by atoms with Gasteiger partial charge in [-0.2, -0.15) is 5.26 Å². The van der Waals surface area contributed by atoms with E-state index < -0.39 is 9.84 Å². The van der Waals surface area contributed by atoms with Crippen molar-refractivity contribution < 1.29 is 12.8 Å². The number of hydrogen-bond acceptors (Lipinski definition) is 5.